The average Bonchev–Trinajstić information content (AvgIpc) is 2.51. The number of thioether (sulfide) groups is 1. The molecular weight excluding hydrogens is 224 g/mol. The molecule has 5 heteroatoms. The third kappa shape index (κ3) is 4.84. The molecule has 0 spiro atoms. The topological polar surface area (TPSA) is 25.8 Å². The molecule has 0 aliphatic carbocycles. The summed E-state index contributed by atoms with van der Waals surface area (Å²) in [6, 6.07) is 0. The Morgan fingerprint density at radius 2 is 2.23 bits per heavy atom. The van der Waals surface area contributed by atoms with Crippen molar-refractivity contribution in [3.8, 4) is 0 Å². The highest BCUT2D eigenvalue weighted by atomic mass is 35.5. The zero-order valence-corrected chi connectivity index (χ0v) is 10.0. The van der Waals surface area contributed by atoms with Crippen LogP contribution in [0.25, 0.3) is 0 Å². The summed E-state index contributed by atoms with van der Waals surface area (Å²) in [5, 5.41) is 0.376. The molecule has 1 rings (SSSR count). The summed E-state index contributed by atoms with van der Waals surface area (Å²) in [5.41, 5.74) is 0. The molecule has 74 valence electrons. The van der Waals surface area contributed by atoms with Crippen molar-refractivity contribution in [1.82, 2.24) is 9.36 Å². The Morgan fingerprint density at radius 1 is 1.38 bits per heavy atom. The third-order valence-corrected chi connectivity index (χ3v) is 3.80. The number of nitrogens with zero attached hydrogens (tertiary/aromatic N) is 2. The van der Waals surface area contributed by atoms with Gasteiger partial charge in [0.1, 0.15) is 0 Å². The molecule has 1 aromatic heterocycles. The lowest BCUT2D eigenvalue weighted by Crippen LogP contribution is -1.80. The fraction of sp³-hybridized carbons (Fsp3) is 0.750. The van der Waals surface area contributed by atoms with Crippen molar-refractivity contribution in [1.29, 1.82) is 0 Å². The first kappa shape index (κ1) is 11.3. The summed E-state index contributed by atoms with van der Waals surface area (Å²) in [4.78, 5) is 4.06. The number of halogens is 1. The molecule has 2 nitrogen and oxygen atoms in total. The van der Waals surface area contributed by atoms with Crippen molar-refractivity contribution in [2.24, 2.45) is 0 Å². The van der Waals surface area contributed by atoms with Crippen molar-refractivity contribution in [2.75, 3.05) is 5.75 Å². The molecule has 0 unspecified atom stereocenters. The Balaban J connectivity index is 2.06. The first-order chi connectivity index (χ1) is 6.33. The second-order valence-electron chi connectivity index (χ2n) is 2.74. The first-order valence-electron chi connectivity index (χ1n) is 4.45. The Labute approximate surface area is 92.3 Å². The standard InChI is InChI=1S/C8H13ClN2S2/c1-2-3-4-5-6-12-8-10-7(9)11-13-8/h2-6H2,1H3. The normalized spacial score (nSPS) is 10.6. The fourth-order valence-electron chi connectivity index (χ4n) is 0.940. The number of hydrogen-bond acceptors (Lipinski definition) is 4. The van der Waals surface area contributed by atoms with Crippen LogP contribution in [-0.2, 0) is 0 Å². The van der Waals surface area contributed by atoms with Gasteiger partial charge in [-0.3, -0.25) is 0 Å². The summed E-state index contributed by atoms with van der Waals surface area (Å²) in [7, 11) is 0. The maximum absolute atomic E-state index is 5.60. The van der Waals surface area contributed by atoms with Gasteiger partial charge in [0.15, 0.2) is 4.34 Å². The van der Waals surface area contributed by atoms with E-state index in [0.717, 1.165) is 10.1 Å². The minimum absolute atomic E-state index is 0.376. The number of unbranched alkanes of at least 4 members (excludes halogenated alkanes) is 3. The van der Waals surface area contributed by atoms with Crippen molar-refractivity contribution in [3.05, 3.63) is 5.28 Å². The highest BCUT2D eigenvalue weighted by Gasteiger charge is 2.00. The van der Waals surface area contributed by atoms with Crippen LogP contribution in [-0.4, -0.2) is 15.1 Å². The van der Waals surface area contributed by atoms with Crippen LogP contribution in [0.2, 0.25) is 5.28 Å². The molecule has 13 heavy (non-hydrogen) atoms. The van der Waals surface area contributed by atoms with E-state index in [-0.39, 0.29) is 0 Å². The lowest BCUT2D eigenvalue weighted by atomic mass is 10.2. The largest absolute Gasteiger partial charge is 0.235 e. The molecule has 0 atom stereocenters. The van der Waals surface area contributed by atoms with Gasteiger partial charge in [0.05, 0.1) is 0 Å². The monoisotopic (exact) mass is 236 g/mol. The molecule has 0 radical (unpaired) electrons. The molecule has 1 heterocycles. The third-order valence-electron chi connectivity index (χ3n) is 1.61. The van der Waals surface area contributed by atoms with Crippen LogP contribution in [0.4, 0.5) is 0 Å². The Kier molecular flexibility index (Phi) is 5.75. The second kappa shape index (κ2) is 6.62. The van der Waals surface area contributed by atoms with E-state index in [1.807, 2.05) is 0 Å². The Hall–Kier alpha value is 0.200. The van der Waals surface area contributed by atoms with E-state index >= 15 is 0 Å². The summed E-state index contributed by atoms with van der Waals surface area (Å²) in [6.07, 6.45) is 5.19. The average molecular weight is 237 g/mol. The van der Waals surface area contributed by atoms with Crippen LogP contribution in [0.3, 0.4) is 0 Å². The molecule has 0 saturated carbocycles. The fourth-order valence-corrected chi connectivity index (χ4v) is 2.80. The van der Waals surface area contributed by atoms with E-state index in [9.17, 15) is 0 Å². The van der Waals surface area contributed by atoms with Gasteiger partial charge in [-0.05, 0) is 29.6 Å². The quantitative estimate of drug-likeness (QED) is 0.554. The molecule has 0 aromatic carbocycles. The lowest BCUT2D eigenvalue weighted by molar-refractivity contribution is 0.706. The van der Waals surface area contributed by atoms with Gasteiger partial charge in [0, 0.05) is 5.75 Å². The van der Waals surface area contributed by atoms with Gasteiger partial charge >= 0.3 is 0 Å². The maximum Gasteiger partial charge on any atom is 0.235 e. The van der Waals surface area contributed by atoms with Gasteiger partial charge in [0.2, 0.25) is 5.28 Å². The van der Waals surface area contributed by atoms with Crippen LogP contribution in [0, 0.1) is 0 Å². The zero-order valence-electron chi connectivity index (χ0n) is 7.62. The predicted octanol–water partition coefficient (Wildman–Crippen LogP) is 3.86. The number of hydrogen-bond donors (Lipinski definition) is 0. The molecule has 0 saturated heterocycles. The van der Waals surface area contributed by atoms with Crippen molar-refractivity contribution < 1.29 is 0 Å². The Bertz CT molecular complexity index is 240. The molecule has 1 aromatic rings. The van der Waals surface area contributed by atoms with Crippen LogP contribution in [0.5, 0.6) is 0 Å². The van der Waals surface area contributed by atoms with Gasteiger partial charge in [-0.25, -0.2) is 0 Å². The van der Waals surface area contributed by atoms with Gasteiger partial charge in [-0.15, -0.1) is 0 Å². The van der Waals surface area contributed by atoms with Crippen LogP contribution < -0.4 is 0 Å². The number of aromatic nitrogens is 2. The summed E-state index contributed by atoms with van der Waals surface area (Å²) >= 11 is 8.73. The van der Waals surface area contributed by atoms with Crippen molar-refractivity contribution in [3.63, 3.8) is 0 Å². The van der Waals surface area contributed by atoms with Gasteiger partial charge in [0.25, 0.3) is 0 Å². The Morgan fingerprint density at radius 3 is 2.85 bits per heavy atom. The predicted molar refractivity (Wildman–Crippen MR) is 59.8 cm³/mol. The second-order valence-corrected chi connectivity index (χ2v) is 5.17. The van der Waals surface area contributed by atoms with Gasteiger partial charge in [-0.1, -0.05) is 37.9 Å². The van der Waals surface area contributed by atoms with E-state index in [4.69, 9.17) is 11.6 Å². The number of rotatable bonds is 6. The highest BCUT2D eigenvalue weighted by Crippen LogP contribution is 2.22. The SMILES string of the molecule is CCCCCCSc1nc(Cl)ns1. The van der Waals surface area contributed by atoms with E-state index in [2.05, 4.69) is 16.3 Å². The van der Waals surface area contributed by atoms with E-state index in [1.165, 1.54) is 37.2 Å². The molecular formula is C8H13ClN2S2. The summed E-state index contributed by atoms with van der Waals surface area (Å²) < 4.78 is 4.89. The summed E-state index contributed by atoms with van der Waals surface area (Å²) in [6.45, 7) is 2.22. The molecule has 0 N–H and O–H groups in total. The maximum atomic E-state index is 5.60. The first-order valence-corrected chi connectivity index (χ1v) is 6.58. The van der Waals surface area contributed by atoms with E-state index < -0.39 is 0 Å². The van der Waals surface area contributed by atoms with E-state index in [0.29, 0.717) is 5.28 Å². The summed E-state index contributed by atoms with van der Waals surface area (Å²) in [5.74, 6) is 1.13. The van der Waals surface area contributed by atoms with Gasteiger partial charge < -0.3 is 0 Å². The van der Waals surface area contributed by atoms with Crippen molar-refractivity contribution >= 4 is 34.9 Å². The zero-order chi connectivity index (χ0) is 9.52. The minimum atomic E-state index is 0.376. The van der Waals surface area contributed by atoms with E-state index in [1.54, 1.807) is 11.8 Å². The molecule has 0 amide bonds. The van der Waals surface area contributed by atoms with Crippen LogP contribution >= 0.6 is 34.9 Å². The van der Waals surface area contributed by atoms with Crippen LogP contribution in [0.15, 0.2) is 4.34 Å². The molecule has 0 fully saturated rings. The minimum Gasteiger partial charge on any atom is -0.198 e. The smallest absolute Gasteiger partial charge is 0.198 e. The molecule has 0 aliphatic heterocycles. The van der Waals surface area contributed by atoms with Gasteiger partial charge in [-0.2, -0.15) is 9.36 Å². The van der Waals surface area contributed by atoms with Crippen molar-refractivity contribution in [2.45, 2.75) is 36.9 Å². The molecule has 0 aliphatic rings. The van der Waals surface area contributed by atoms with Crippen LogP contribution in [0.1, 0.15) is 32.6 Å². The lowest BCUT2D eigenvalue weighted by Gasteiger charge is -1.96. The highest BCUT2D eigenvalue weighted by molar-refractivity contribution is 8.00. The molecule has 0 bridgehead atoms.